The van der Waals surface area contributed by atoms with Gasteiger partial charge < -0.3 is 15.8 Å². The lowest BCUT2D eigenvalue weighted by atomic mass is 10.2. The van der Waals surface area contributed by atoms with Crippen LogP contribution in [-0.2, 0) is 14.8 Å². The zero-order chi connectivity index (χ0) is 18.4. The largest absolute Gasteiger partial charge is 0.483 e. The highest BCUT2D eigenvalue weighted by molar-refractivity contribution is 7.89. The van der Waals surface area contributed by atoms with Gasteiger partial charge in [-0.25, -0.2) is 8.42 Å². The number of nitrogens with two attached hydrogens (primary N) is 1. The van der Waals surface area contributed by atoms with Crippen molar-refractivity contribution in [2.45, 2.75) is 31.1 Å². The van der Waals surface area contributed by atoms with Crippen molar-refractivity contribution in [3.63, 3.8) is 0 Å². The summed E-state index contributed by atoms with van der Waals surface area (Å²) in [4.78, 5) is 23.3. The van der Waals surface area contributed by atoms with Crippen LogP contribution in [0, 0.1) is 0 Å². The van der Waals surface area contributed by atoms with Gasteiger partial charge in [0.2, 0.25) is 10.0 Å². The summed E-state index contributed by atoms with van der Waals surface area (Å²) in [6, 6.07) is 3.92. The van der Waals surface area contributed by atoms with Gasteiger partial charge in [0.1, 0.15) is 5.75 Å². The summed E-state index contributed by atoms with van der Waals surface area (Å²) in [5, 5.41) is 2.64. The zero-order valence-electron chi connectivity index (χ0n) is 14.2. The van der Waals surface area contributed by atoms with Gasteiger partial charge >= 0.3 is 0 Å². The Morgan fingerprint density at radius 1 is 1.28 bits per heavy atom. The number of ether oxygens (including phenoxy) is 1. The number of hydrogen-bond donors (Lipinski definition) is 2. The van der Waals surface area contributed by atoms with E-state index < -0.39 is 15.9 Å². The molecule has 0 bridgehead atoms. The first-order chi connectivity index (χ1) is 11.9. The van der Waals surface area contributed by atoms with Crippen LogP contribution in [0.4, 0.5) is 0 Å². The van der Waals surface area contributed by atoms with E-state index in [-0.39, 0.29) is 28.7 Å². The fraction of sp³-hybridized carbons (Fsp3) is 0.500. The van der Waals surface area contributed by atoms with Gasteiger partial charge in [-0.3, -0.25) is 9.59 Å². The van der Waals surface area contributed by atoms with E-state index in [0.717, 1.165) is 19.3 Å². The Morgan fingerprint density at radius 2 is 1.96 bits per heavy atom. The van der Waals surface area contributed by atoms with E-state index >= 15 is 0 Å². The fourth-order valence-electron chi connectivity index (χ4n) is 2.52. The maximum Gasteiger partial charge on any atom is 0.257 e. The maximum atomic E-state index is 12.6. The predicted molar refractivity (Wildman–Crippen MR) is 91.7 cm³/mol. The third kappa shape index (κ3) is 4.70. The number of carbonyl (C=O) groups excluding carboxylic acids is 2. The van der Waals surface area contributed by atoms with Crippen LogP contribution in [0.15, 0.2) is 23.1 Å². The van der Waals surface area contributed by atoms with E-state index in [9.17, 15) is 18.0 Å². The lowest BCUT2D eigenvalue weighted by Gasteiger charge is -2.17. The van der Waals surface area contributed by atoms with Gasteiger partial charge in [0.05, 0.1) is 10.5 Å². The summed E-state index contributed by atoms with van der Waals surface area (Å²) in [6.45, 7) is 3.09. The molecule has 1 heterocycles. The monoisotopic (exact) mass is 369 g/mol. The molecular weight excluding hydrogens is 346 g/mol. The van der Waals surface area contributed by atoms with Crippen LogP contribution in [0.2, 0.25) is 0 Å². The molecule has 25 heavy (non-hydrogen) atoms. The molecular formula is C16H23N3O5S. The van der Waals surface area contributed by atoms with E-state index in [1.54, 1.807) is 0 Å². The SMILES string of the molecule is CCCNC(=O)COc1ccc(S(=O)(=O)N2CCCC2)cc1C(N)=O. The molecule has 1 aliphatic heterocycles. The molecule has 2 rings (SSSR count). The van der Waals surface area contributed by atoms with Crippen LogP contribution >= 0.6 is 0 Å². The number of sulfonamides is 1. The van der Waals surface area contributed by atoms with Crippen molar-refractivity contribution in [2.75, 3.05) is 26.2 Å². The minimum absolute atomic E-state index is 0.00835. The summed E-state index contributed by atoms with van der Waals surface area (Å²) in [6.07, 6.45) is 2.42. The maximum absolute atomic E-state index is 12.6. The van der Waals surface area contributed by atoms with Crippen LogP contribution < -0.4 is 15.8 Å². The number of nitrogens with zero attached hydrogens (tertiary/aromatic N) is 1. The summed E-state index contributed by atoms with van der Waals surface area (Å²) in [7, 11) is -3.66. The van der Waals surface area contributed by atoms with E-state index in [1.807, 2.05) is 6.92 Å². The summed E-state index contributed by atoms with van der Waals surface area (Å²) in [5.41, 5.74) is 5.27. The Labute approximate surface area is 147 Å². The zero-order valence-corrected chi connectivity index (χ0v) is 15.0. The highest BCUT2D eigenvalue weighted by atomic mass is 32.2. The lowest BCUT2D eigenvalue weighted by molar-refractivity contribution is -0.123. The molecule has 0 atom stereocenters. The standard InChI is InChI=1S/C16H23N3O5S/c1-2-7-18-15(20)11-24-14-6-5-12(10-13(14)16(17)21)25(22,23)19-8-3-4-9-19/h5-6,10H,2-4,7-9,11H2,1H3,(H2,17,21)(H,18,20). The molecule has 2 amide bonds. The minimum Gasteiger partial charge on any atom is -0.483 e. The Balaban J connectivity index is 2.20. The molecule has 1 aromatic carbocycles. The van der Waals surface area contributed by atoms with Crippen LogP contribution in [0.3, 0.4) is 0 Å². The summed E-state index contributed by atoms with van der Waals surface area (Å²) in [5.74, 6) is -1.06. The second-order valence-electron chi connectivity index (χ2n) is 5.77. The lowest BCUT2D eigenvalue weighted by Crippen LogP contribution is -2.30. The number of benzene rings is 1. The predicted octanol–water partition coefficient (Wildman–Crippen LogP) is 0.475. The molecule has 0 spiro atoms. The van der Waals surface area contributed by atoms with Crippen molar-refractivity contribution in [1.29, 1.82) is 0 Å². The number of carbonyl (C=O) groups is 2. The highest BCUT2D eigenvalue weighted by Gasteiger charge is 2.28. The molecule has 1 aliphatic rings. The van der Waals surface area contributed by atoms with E-state index in [4.69, 9.17) is 10.5 Å². The van der Waals surface area contributed by atoms with Gasteiger partial charge in [0.25, 0.3) is 11.8 Å². The first-order valence-electron chi connectivity index (χ1n) is 8.19. The van der Waals surface area contributed by atoms with E-state index in [1.165, 1.54) is 22.5 Å². The second kappa shape index (κ2) is 8.30. The quantitative estimate of drug-likeness (QED) is 0.691. The molecule has 8 nitrogen and oxygen atoms in total. The first-order valence-corrected chi connectivity index (χ1v) is 9.63. The van der Waals surface area contributed by atoms with Crippen LogP contribution in [0.25, 0.3) is 0 Å². The molecule has 1 aromatic rings. The normalized spacial score (nSPS) is 15.1. The van der Waals surface area contributed by atoms with Crippen molar-refractivity contribution in [2.24, 2.45) is 5.73 Å². The van der Waals surface area contributed by atoms with Crippen LogP contribution in [0.5, 0.6) is 5.75 Å². The number of rotatable bonds is 8. The number of hydrogen-bond acceptors (Lipinski definition) is 5. The van der Waals surface area contributed by atoms with Crippen LogP contribution in [0.1, 0.15) is 36.5 Å². The van der Waals surface area contributed by atoms with Crippen molar-refractivity contribution in [1.82, 2.24) is 9.62 Å². The van der Waals surface area contributed by atoms with E-state index in [0.29, 0.717) is 19.6 Å². The van der Waals surface area contributed by atoms with Crippen molar-refractivity contribution < 1.29 is 22.7 Å². The molecule has 138 valence electrons. The first kappa shape index (κ1) is 19.2. The van der Waals surface area contributed by atoms with Crippen molar-refractivity contribution in [3.8, 4) is 5.75 Å². The Morgan fingerprint density at radius 3 is 2.56 bits per heavy atom. The molecule has 1 fully saturated rings. The van der Waals surface area contributed by atoms with Crippen LogP contribution in [-0.4, -0.2) is 50.8 Å². The highest BCUT2D eigenvalue weighted by Crippen LogP contribution is 2.26. The molecule has 3 N–H and O–H groups in total. The average Bonchev–Trinajstić information content (AvgIpc) is 3.13. The minimum atomic E-state index is -3.66. The Hall–Kier alpha value is -2.13. The van der Waals surface area contributed by atoms with Gasteiger partial charge in [0, 0.05) is 19.6 Å². The van der Waals surface area contributed by atoms with Gasteiger partial charge in [0.15, 0.2) is 6.61 Å². The van der Waals surface area contributed by atoms with Crippen molar-refractivity contribution >= 4 is 21.8 Å². The smallest absolute Gasteiger partial charge is 0.257 e. The average molecular weight is 369 g/mol. The Bertz CT molecular complexity index is 742. The molecule has 0 aromatic heterocycles. The number of primary amides is 1. The molecule has 9 heteroatoms. The fourth-order valence-corrected chi connectivity index (χ4v) is 4.07. The Kier molecular flexibility index (Phi) is 6.38. The molecule has 0 radical (unpaired) electrons. The van der Waals surface area contributed by atoms with Gasteiger partial charge in [-0.05, 0) is 37.5 Å². The summed E-state index contributed by atoms with van der Waals surface area (Å²) < 4.78 is 31.9. The molecule has 0 aliphatic carbocycles. The molecule has 0 unspecified atom stereocenters. The van der Waals surface area contributed by atoms with Gasteiger partial charge in [-0.1, -0.05) is 6.92 Å². The number of amides is 2. The topological polar surface area (TPSA) is 119 Å². The number of nitrogens with one attached hydrogen (secondary N) is 1. The second-order valence-corrected chi connectivity index (χ2v) is 7.71. The van der Waals surface area contributed by atoms with Gasteiger partial charge in [-0.2, -0.15) is 4.31 Å². The molecule has 1 saturated heterocycles. The van der Waals surface area contributed by atoms with E-state index in [2.05, 4.69) is 5.32 Å². The summed E-state index contributed by atoms with van der Waals surface area (Å²) >= 11 is 0. The molecule has 0 saturated carbocycles. The third-order valence-corrected chi connectivity index (χ3v) is 5.74. The third-order valence-electron chi connectivity index (χ3n) is 3.85. The van der Waals surface area contributed by atoms with Crippen molar-refractivity contribution in [3.05, 3.63) is 23.8 Å². The van der Waals surface area contributed by atoms with Gasteiger partial charge in [-0.15, -0.1) is 0 Å².